The van der Waals surface area contributed by atoms with Crippen molar-refractivity contribution in [1.29, 1.82) is 0 Å². The molecular formula is C13H20BrN. The summed E-state index contributed by atoms with van der Waals surface area (Å²) in [4.78, 5) is 0. The van der Waals surface area contributed by atoms with E-state index in [1.807, 2.05) is 7.05 Å². The number of hydrogen-bond acceptors (Lipinski definition) is 1. The fourth-order valence-corrected chi connectivity index (χ4v) is 1.97. The number of rotatable bonds is 3. The predicted octanol–water partition coefficient (Wildman–Crippen LogP) is 3.61. The Hall–Kier alpha value is -0.340. The van der Waals surface area contributed by atoms with Gasteiger partial charge in [-0.05, 0) is 57.9 Å². The van der Waals surface area contributed by atoms with Crippen molar-refractivity contribution < 1.29 is 0 Å². The molecule has 0 bridgehead atoms. The van der Waals surface area contributed by atoms with E-state index in [1.165, 1.54) is 21.2 Å². The topological polar surface area (TPSA) is 12.0 Å². The predicted molar refractivity (Wildman–Crippen MR) is 70.5 cm³/mol. The van der Waals surface area contributed by atoms with E-state index >= 15 is 0 Å². The molecule has 1 aromatic carbocycles. The smallest absolute Gasteiger partial charge is 0.0233 e. The molecule has 84 valence electrons. The quantitative estimate of drug-likeness (QED) is 0.884. The second-order valence-corrected chi connectivity index (χ2v) is 5.65. The highest BCUT2D eigenvalue weighted by Crippen LogP contribution is 2.24. The SMILES string of the molecule is CNC(C)(C)Cc1cc(C)c(Br)c(C)c1. The van der Waals surface area contributed by atoms with E-state index in [-0.39, 0.29) is 5.54 Å². The van der Waals surface area contributed by atoms with Gasteiger partial charge in [-0.25, -0.2) is 0 Å². The first-order chi connectivity index (χ1) is 6.85. The van der Waals surface area contributed by atoms with Gasteiger partial charge in [0, 0.05) is 10.0 Å². The van der Waals surface area contributed by atoms with Crippen LogP contribution in [0, 0.1) is 13.8 Å². The van der Waals surface area contributed by atoms with E-state index < -0.39 is 0 Å². The van der Waals surface area contributed by atoms with Crippen LogP contribution in [0.4, 0.5) is 0 Å². The van der Waals surface area contributed by atoms with Crippen molar-refractivity contribution >= 4 is 15.9 Å². The summed E-state index contributed by atoms with van der Waals surface area (Å²) in [6, 6.07) is 4.52. The van der Waals surface area contributed by atoms with Crippen molar-refractivity contribution in [3.8, 4) is 0 Å². The highest BCUT2D eigenvalue weighted by molar-refractivity contribution is 9.10. The molecule has 0 spiro atoms. The lowest BCUT2D eigenvalue weighted by atomic mass is 9.93. The molecule has 15 heavy (non-hydrogen) atoms. The maximum absolute atomic E-state index is 3.59. The first kappa shape index (κ1) is 12.7. The fraction of sp³-hybridized carbons (Fsp3) is 0.538. The van der Waals surface area contributed by atoms with Gasteiger partial charge in [0.1, 0.15) is 0 Å². The van der Waals surface area contributed by atoms with Gasteiger partial charge < -0.3 is 5.32 Å². The van der Waals surface area contributed by atoms with Crippen molar-refractivity contribution in [2.75, 3.05) is 7.05 Å². The normalized spacial score (nSPS) is 11.9. The number of hydrogen-bond donors (Lipinski definition) is 1. The molecule has 0 aliphatic carbocycles. The molecule has 1 rings (SSSR count). The van der Waals surface area contributed by atoms with Crippen molar-refractivity contribution in [2.45, 2.75) is 39.7 Å². The van der Waals surface area contributed by atoms with E-state index in [4.69, 9.17) is 0 Å². The van der Waals surface area contributed by atoms with Gasteiger partial charge in [-0.2, -0.15) is 0 Å². The summed E-state index contributed by atoms with van der Waals surface area (Å²) in [6.07, 6.45) is 1.05. The van der Waals surface area contributed by atoms with Crippen LogP contribution in [0.2, 0.25) is 0 Å². The van der Waals surface area contributed by atoms with Crippen LogP contribution in [0.5, 0.6) is 0 Å². The Morgan fingerprint density at radius 2 is 1.67 bits per heavy atom. The number of likely N-dealkylation sites (N-methyl/N-ethyl adjacent to an activating group) is 1. The molecular weight excluding hydrogens is 250 g/mol. The lowest BCUT2D eigenvalue weighted by Gasteiger charge is -2.24. The summed E-state index contributed by atoms with van der Waals surface area (Å²) in [5, 5.41) is 3.33. The first-order valence-corrected chi connectivity index (χ1v) is 6.09. The van der Waals surface area contributed by atoms with Gasteiger partial charge in [-0.3, -0.25) is 0 Å². The van der Waals surface area contributed by atoms with Crippen molar-refractivity contribution in [1.82, 2.24) is 5.32 Å². The third-order valence-corrected chi connectivity index (χ3v) is 4.07. The Balaban J connectivity index is 2.98. The molecule has 0 saturated heterocycles. The van der Waals surface area contributed by atoms with Gasteiger partial charge in [0.15, 0.2) is 0 Å². The number of halogens is 1. The first-order valence-electron chi connectivity index (χ1n) is 5.30. The van der Waals surface area contributed by atoms with Crippen LogP contribution < -0.4 is 5.32 Å². The van der Waals surface area contributed by atoms with Crippen LogP contribution in [0.3, 0.4) is 0 Å². The van der Waals surface area contributed by atoms with E-state index in [1.54, 1.807) is 0 Å². The summed E-state index contributed by atoms with van der Waals surface area (Å²) in [5.41, 5.74) is 4.19. The lowest BCUT2D eigenvalue weighted by molar-refractivity contribution is 0.422. The van der Waals surface area contributed by atoms with E-state index in [0.29, 0.717) is 0 Å². The van der Waals surface area contributed by atoms with Gasteiger partial charge in [0.25, 0.3) is 0 Å². The zero-order valence-electron chi connectivity index (χ0n) is 10.2. The number of nitrogens with one attached hydrogen (secondary N) is 1. The molecule has 0 unspecified atom stereocenters. The third kappa shape index (κ3) is 3.32. The molecule has 0 aliphatic rings. The Morgan fingerprint density at radius 3 is 2.07 bits per heavy atom. The van der Waals surface area contributed by atoms with Crippen molar-refractivity contribution in [2.24, 2.45) is 0 Å². The Labute approximate surface area is 101 Å². The standard InChI is InChI=1S/C13H20BrN/c1-9-6-11(7-10(2)12(9)14)8-13(3,4)15-5/h6-7,15H,8H2,1-5H3. The zero-order valence-corrected chi connectivity index (χ0v) is 11.8. The molecule has 0 heterocycles. The molecule has 0 amide bonds. The molecule has 0 fully saturated rings. The van der Waals surface area contributed by atoms with Crippen molar-refractivity contribution in [3.05, 3.63) is 33.3 Å². The fourth-order valence-electron chi connectivity index (χ4n) is 1.74. The largest absolute Gasteiger partial charge is 0.314 e. The summed E-state index contributed by atoms with van der Waals surface area (Å²) in [7, 11) is 2.01. The molecule has 0 atom stereocenters. The van der Waals surface area contributed by atoms with E-state index in [2.05, 4.69) is 61.1 Å². The number of benzene rings is 1. The minimum Gasteiger partial charge on any atom is -0.314 e. The molecule has 1 aromatic rings. The van der Waals surface area contributed by atoms with Crippen LogP contribution in [0.15, 0.2) is 16.6 Å². The van der Waals surface area contributed by atoms with E-state index in [9.17, 15) is 0 Å². The summed E-state index contributed by atoms with van der Waals surface area (Å²) in [5.74, 6) is 0. The second-order valence-electron chi connectivity index (χ2n) is 4.85. The van der Waals surface area contributed by atoms with Gasteiger partial charge in [0.2, 0.25) is 0 Å². The lowest BCUT2D eigenvalue weighted by Crippen LogP contribution is -2.38. The minimum absolute atomic E-state index is 0.159. The van der Waals surface area contributed by atoms with Crippen LogP contribution in [-0.4, -0.2) is 12.6 Å². The monoisotopic (exact) mass is 269 g/mol. The molecule has 2 heteroatoms. The Kier molecular flexibility index (Phi) is 3.96. The molecule has 1 nitrogen and oxygen atoms in total. The highest BCUT2D eigenvalue weighted by Gasteiger charge is 2.16. The molecule has 0 saturated carbocycles. The summed E-state index contributed by atoms with van der Waals surface area (Å²) < 4.78 is 1.23. The van der Waals surface area contributed by atoms with Gasteiger partial charge in [-0.1, -0.05) is 28.1 Å². The van der Waals surface area contributed by atoms with Gasteiger partial charge >= 0.3 is 0 Å². The van der Waals surface area contributed by atoms with E-state index in [0.717, 1.165) is 6.42 Å². The zero-order chi connectivity index (χ0) is 11.6. The Morgan fingerprint density at radius 1 is 1.20 bits per heavy atom. The maximum atomic E-state index is 3.59. The molecule has 0 aromatic heterocycles. The molecule has 1 N–H and O–H groups in total. The summed E-state index contributed by atoms with van der Waals surface area (Å²) >= 11 is 3.59. The third-order valence-electron chi connectivity index (χ3n) is 2.82. The molecule has 0 aliphatic heterocycles. The minimum atomic E-state index is 0.159. The maximum Gasteiger partial charge on any atom is 0.0233 e. The Bertz CT molecular complexity index is 333. The van der Waals surface area contributed by atoms with Gasteiger partial charge in [0.05, 0.1) is 0 Å². The average Bonchev–Trinajstić information content (AvgIpc) is 2.13. The van der Waals surface area contributed by atoms with Crippen molar-refractivity contribution in [3.63, 3.8) is 0 Å². The number of aryl methyl sites for hydroxylation is 2. The van der Waals surface area contributed by atoms with Gasteiger partial charge in [-0.15, -0.1) is 0 Å². The van der Waals surface area contributed by atoms with Crippen LogP contribution in [-0.2, 0) is 6.42 Å². The highest BCUT2D eigenvalue weighted by atomic mass is 79.9. The summed E-state index contributed by atoms with van der Waals surface area (Å²) in [6.45, 7) is 8.74. The average molecular weight is 270 g/mol. The van der Waals surface area contributed by atoms with Crippen LogP contribution in [0.1, 0.15) is 30.5 Å². The molecule has 0 radical (unpaired) electrons. The van der Waals surface area contributed by atoms with Crippen LogP contribution in [0.25, 0.3) is 0 Å². The second kappa shape index (κ2) is 4.67. The van der Waals surface area contributed by atoms with Crippen LogP contribution >= 0.6 is 15.9 Å².